The normalized spacial score (nSPS) is 12.3. The third-order valence-electron chi connectivity index (χ3n) is 3.44. The summed E-state index contributed by atoms with van der Waals surface area (Å²) in [5, 5.41) is 4.01. The van der Waals surface area contributed by atoms with E-state index < -0.39 is 0 Å². The Labute approximate surface area is 125 Å². The van der Waals surface area contributed by atoms with Crippen molar-refractivity contribution in [2.24, 2.45) is 0 Å². The molecule has 0 saturated carbocycles. The Kier molecular flexibility index (Phi) is 4.29. The van der Waals surface area contributed by atoms with Gasteiger partial charge in [-0.1, -0.05) is 11.6 Å². The predicted octanol–water partition coefficient (Wildman–Crippen LogP) is 4.54. The van der Waals surface area contributed by atoms with Crippen LogP contribution >= 0.6 is 11.6 Å². The van der Waals surface area contributed by atoms with Crippen LogP contribution < -0.4 is 5.32 Å². The molecule has 0 aliphatic rings. The molecule has 0 radical (unpaired) electrons. The molecule has 106 valence electrons. The summed E-state index contributed by atoms with van der Waals surface area (Å²) in [6, 6.07) is 6.06. The number of rotatable bonds is 3. The van der Waals surface area contributed by atoms with Gasteiger partial charge in [-0.05, 0) is 63.9 Å². The van der Waals surface area contributed by atoms with Crippen molar-refractivity contribution in [2.75, 3.05) is 5.32 Å². The first-order valence-corrected chi connectivity index (χ1v) is 7.10. The average Bonchev–Trinajstić information content (AvgIpc) is 2.31. The zero-order chi connectivity index (χ0) is 14.9. The molecule has 20 heavy (non-hydrogen) atoms. The van der Waals surface area contributed by atoms with Gasteiger partial charge >= 0.3 is 0 Å². The molecule has 2 aromatic rings. The number of halogens is 1. The van der Waals surface area contributed by atoms with Gasteiger partial charge in [0.25, 0.3) is 0 Å². The number of nitrogens with zero attached hydrogens (tertiary/aromatic N) is 2. The number of nitrogens with one attached hydrogen (secondary N) is 1. The highest BCUT2D eigenvalue weighted by atomic mass is 35.5. The van der Waals surface area contributed by atoms with E-state index in [1.807, 2.05) is 19.9 Å². The number of aryl methyl sites for hydroxylation is 4. The van der Waals surface area contributed by atoms with E-state index in [2.05, 4.69) is 42.1 Å². The summed E-state index contributed by atoms with van der Waals surface area (Å²) >= 11 is 5.89. The highest BCUT2D eigenvalue weighted by Gasteiger charge is 2.14. The Morgan fingerprint density at radius 2 is 1.75 bits per heavy atom. The zero-order valence-electron chi connectivity index (χ0n) is 12.6. The molecular formula is C16H20ClN3. The fourth-order valence-corrected chi connectivity index (χ4v) is 2.87. The molecule has 4 heteroatoms. The fourth-order valence-electron chi connectivity index (χ4n) is 2.68. The zero-order valence-corrected chi connectivity index (χ0v) is 13.3. The van der Waals surface area contributed by atoms with Crippen LogP contribution in [0, 0.1) is 27.7 Å². The lowest BCUT2D eigenvalue weighted by molar-refractivity contribution is 0.839. The summed E-state index contributed by atoms with van der Waals surface area (Å²) in [7, 11) is 0. The maximum absolute atomic E-state index is 5.89. The van der Waals surface area contributed by atoms with Crippen molar-refractivity contribution < 1.29 is 0 Å². The first-order chi connectivity index (χ1) is 9.38. The molecule has 1 N–H and O–H groups in total. The van der Waals surface area contributed by atoms with Gasteiger partial charge in [0, 0.05) is 11.4 Å². The number of anilines is 1. The third kappa shape index (κ3) is 3.10. The second-order valence-electron chi connectivity index (χ2n) is 5.21. The van der Waals surface area contributed by atoms with Crippen molar-refractivity contribution in [3.63, 3.8) is 0 Å². The van der Waals surface area contributed by atoms with Gasteiger partial charge < -0.3 is 5.32 Å². The molecule has 0 saturated heterocycles. The monoisotopic (exact) mass is 289 g/mol. The second kappa shape index (κ2) is 5.80. The average molecular weight is 290 g/mol. The molecule has 0 fully saturated rings. The second-order valence-corrected chi connectivity index (χ2v) is 5.60. The van der Waals surface area contributed by atoms with Gasteiger partial charge in [0.05, 0.1) is 17.4 Å². The van der Waals surface area contributed by atoms with Gasteiger partial charge in [0.1, 0.15) is 5.15 Å². The molecule has 1 atom stereocenters. The van der Waals surface area contributed by atoms with Crippen molar-refractivity contribution in [1.82, 2.24) is 9.97 Å². The summed E-state index contributed by atoms with van der Waals surface area (Å²) < 4.78 is 0. The van der Waals surface area contributed by atoms with Gasteiger partial charge in [-0.2, -0.15) is 0 Å². The smallest absolute Gasteiger partial charge is 0.129 e. The summed E-state index contributed by atoms with van der Waals surface area (Å²) in [4.78, 5) is 8.82. The molecule has 1 unspecified atom stereocenters. The van der Waals surface area contributed by atoms with E-state index in [0.717, 1.165) is 22.8 Å². The molecule has 0 aliphatic heterocycles. The van der Waals surface area contributed by atoms with Crippen molar-refractivity contribution in [3.05, 3.63) is 51.6 Å². The van der Waals surface area contributed by atoms with Crippen molar-refractivity contribution in [3.8, 4) is 0 Å². The van der Waals surface area contributed by atoms with Crippen LogP contribution in [0.3, 0.4) is 0 Å². The number of pyridine rings is 2. The van der Waals surface area contributed by atoms with Gasteiger partial charge in [-0.25, -0.2) is 4.98 Å². The van der Waals surface area contributed by atoms with Gasteiger partial charge in [-0.3, -0.25) is 4.98 Å². The molecule has 0 spiro atoms. The summed E-state index contributed by atoms with van der Waals surface area (Å²) in [6.45, 7) is 10.3. The lowest BCUT2D eigenvalue weighted by Gasteiger charge is -2.21. The highest BCUT2D eigenvalue weighted by Crippen LogP contribution is 2.26. The Balaban J connectivity index is 2.31. The summed E-state index contributed by atoms with van der Waals surface area (Å²) in [6.07, 6.45) is 0. The van der Waals surface area contributed by atoms with Gasteiger partial charge in [-0.15, -0.1) is 0 Å². The van der Waals surface area contributed by atoms with Gasteiger partial charge in [0.15, 0.2) is 0 Å². The first-order valence-electron chi connectivity index (χ1n) is 6.73. The van der Waals surface area contributed by atoms with Crippen LogP contribution in [0.4, 0.5) is 5.69 Å². The lowest BCUT2D eigenvalue weighted by Crippen LogP contribution is -2.12. The molecular weight excluding hydrogens is 270 g/mol. The van der Waals surface area contributed by atoms with Crippen LogP contribution in [0.5, 0.6) is 0 Å². The fraction of sp³-hybridized carbons (Fsp3) is 0.375. The molecule has 2 aromatic heterocycles. The predicted molar refractivity (Wildman–Crippen MR) is 84.5 cm³/mol. The number of aromatic nitrogens is 2. The topological polar surface area (TPSA) is 37.8 Å². The van der Waals surface area contributed by atoms with Crippen LogP contribution in [0.15, 0.2) is 18.2 Å². The standard InChI is InChI=1S/C16H20ClN3/c1-9-8-10(2)18-12(4)16(9)13(5)19-14-6-7-15(17)20-11(14)3/h6-8,13,19H,1-5H3. The lowest BCUT2D eigenvalue weighted by atomic mass is 10.00. The minimum absolute atomic E-state index is 0.171. The molecule has 0 amide bonds. The van der Waals surface area contributed by atoms with E-state index in [0.29, 0.717) is 5.15 Å². The molecule has 3 nitrogen and oxygen atoms in total. The molecule has 2 rings (SSSR count). The van der Waals surface area contributed by atoms with Crippen LogP contribution in [-0.2, 0) is 0 Å². The maximum Gasteiger partial charge on any atom is 0.129 e. The molecule has 0 bridgehead atoms. The van der Waals surface area contributed by atoms with Crippen LogP contribution in [0.2, 0.25) is 5.15 Å². The Bertz CT molecular complexity index is 615. The third-order valence-corrected chi connectivity index (χ3v) is 3.65. The molecule has 2 heterocycles. The van der Waals surface area contributed by atoms with Crippen molar-refractivity contribution in [1.29, 1.82) is 0 Å². The minimum atomic E-state index is 0.171. The molecule has 0 aromatic carbocycles. The van der Waals surface area contributed by atoms with E-state index in [9.17, 15) is 0 Å². The summed E-state index contributed by atoms with van der Waals surface area (Å²) in [5.74, 6) is 0. The highest BCUT2D eigenvalue weighted by molar-refractivity contribution is 6.29. The number of hydrogen-bond donors (Lipinski definition) is 1. The van der Waals surface area contributed by atoms with E-state index in [-0.39, 0.29) is 6.04 Å². The van der Waals surface area contributed by atoms with Crippen LogP contribution in [-0.4, -0.2) is 9.97 Å². The summed E-state index contributed by atoms with van der Waals surface area (Å²) in [5.41, 5.74) is 6.53. The largest absolute Gasteiger partial charge is 0.377 e. The minimum Gasteiger partial charge on any atom is -0.377 e. The van der Waals surface area contributed by atoms with Crippen molar-refractivity contribution in [2.45, 2.75) is 40.7 Å². The Morgan fingerprint density at radius 1 is 1.05 bits per heavy atom. The quantitative estimate of drug-likeness (QED) is 0.843. The SMILES string of the molecule is Cc1cc(C)c(C(C)Nc2ccc(Cl)nc2C)c(C)n1. The van der Waals surface area contributed by atoms with E-state index in [1.54, 1.807) is 6.07 Å². The number of hydrogen-bond acceptors (Lipinski definition) is 3. The van der Waals surface area contributed by atoms with E-state index >= 15 is 0 Å². The van der Waals surface area contributed by atoms with E-state index in [4.69, 9.17) is 11.6 Å². The van der Waals surface area contributed by atoms with E-state index in [1.165, 1.54) is 11.1 Å². The first kappa shape index (κ1) is 14.8. The molecule has 0 aliphatic carbocycles. The Morgan fingerprint density at radius 3 is 2.35 bits per heavy atom. The Hall–Kier alpha value is -1.61. The van der Waals surface area contributed by atoms with Gasteiger partial charge in [0.2, 0.25) is 0 Å². The van der Waals surface area contributed by atoms with Crippen LogP contribution in [0.25, 0.3) is 0 Å². The van der Waals surface area contributed by atoms with Crippen molar-refractivity contribution >= 4 is 17.3 Å². The van der Waals surface area contributed by atoms with Crippen LogP contribution in [0.1, 0.15) is 41.2 Å². The maximum atomic E-state index is 5.89.